The van der Waals surface area contributed by atoms with Crippen LogP contribution in [0.3, 0.4) is 0 Å². The highest BCUT2D eigenvalue weighted by molar-refractivity contribution is 5.78. The van der Waals surface area contributed by atoms with Crippen molar-refractivity contribution < 1.29 is 0 Å². The van der Waals surface area contributed by atoms with Crippen LogP contribution >= 0.6 is 0 Å². The van der Waals surface area contributed by atoms with Gasteiger partial charge in [-0.15, -0.1) is 0 Å². The summed E-state index contributed by atoms with van der Waals surface area (Å²) in [6.45, 7) is 2.79. The normalized spacial score (nSPS) is 21.1. The first kappa shape index (κ1) is 9.75. The van der Waals surface area contributed by atoms with Gasteiger partial charge in [0.05, 0.1) is 17.3 Å². The molecule has 1 aliphatic rings. The van der Waals surface area contributed by atoms with Crippen LogP contribution in [-0.4, -0.2) is 24.6 Å². The van der Waals surface area contributed by atoms with Crippen molar-refractivity contribution >= 4 is 10.9 Å². The number of nitrogens with zero attached hydrogens (tertiary/aromatic N) is 2. The van der Waals surface area contributed by atoms with E-state index in [-0.39, 0.29) is 6.04 Å². The van der Waals surface area contributed by atoms with Crippen LogP contribution in [0.1, 0.15) is 11.7 Å². The van der Waals surface area contributed by atoms with E-state index in [4.69, 9.17) is 0 Å². The van der Waals surface area contributed by atoms with Crippen LogP contribution in [0.4, 0.5) is 0 Å². The van der Waals surface area contributed by atoms with Gasteiger partial charge >= 0.3 is 0 Å². The second-order valence-electron chi connectivity index (χ2n) is 4.05. The lowest BCUT2D eigenvalue weighted by Gasteiger charge is -2.22. The lowest BCUT2D eigenvalue weighted by atomic mass is 10.1. The summed E-state index contributed by atoms with van der Waals surface area (Å²) in [6, 6.07) is 12.6. The molecule has 16 heavy (non-hydrogen) atoms. The predicted molar refractivity (Wildman–Crippen MR) is 64.4 cm³/mol. The third-order valence-electron chi connectivity index (χ3n) is 2.94. The van der Waals surface area contributed by atoms with Gasteiger partial charge < -0.3 is 5.32 Å². The van der Waals surface area contributed by atoms with Crippen molar-refractivity contribution in [2.24, 2.45) is 0 Å². The highest BCUT2D eigenvalue weighted by Gasteiger charge is 2.16. The van der Waals surface area contributed by atoms with Gasteiger partial charge in [-0.1, -0.05) is 24.3 Å². The first-order valence-electron chi connectivity index (χ1n) is 5.66. The molecule has 1 saturated heterocycles. The average Bonchev–Trinajstić information content (AvgIpc) is 2.39. The standard InChI is InChI=1S/C13H14N3/c1-2-4-11-10(3-1)5-6-12(16-11)13-9-14-7-8-15-13/h1-6,13-14H,7-9H2. The van der Waals surface area contributed by atoms with Gasteiger partial charge in [-0.25, -0.2) is 5.32 Å². The van der Waals surface area contributed by atoms with E-state index < -0.39 is 0 Å². The molecule has 3 rings (SSSR count). The molecule has 1 aromatic carbocycles. The Hall–Kier alpha value is -1.45. The highest BCUT2D eigenvalue weighted by Crippen LogP contribution is 2.17. The number of nitrogens with one attached hydrogen (secondary N) is 1. The van der Waals surface area contributed by atoms with Crippen LogP contribution in [0, 0.1) is 0 Å². The Balaban J connectivity index is 1.97. The van der Waals surface area contributed by atoms with E-state index in [9.17, 15) is 0 Å². The third-order valence-corrected chi connectivity index (χ3v) is 2.94. The quantitative estimate of drug-likeness (QED) is 0.777. The van der Waals surface area contributed by atoms with Crippen molar-refractivity contribution in [1.82, 2.24) is 15.6 Å². The topological polar surface area (TPSA) is 39.0 Å². The molecule has 3 heteroatoms. The van der Waals surface area contributed by atoms with E-state index in [1.807, 2.05) is 12.1 Å². The van der Waals surface area contributed by atoms with Crippen LogP contribution in [-0.2, 0) is 0 Å². The number of pyridine rings is 1. The SMILES string of the molecule is c1ccc2nc(C3CNCC[N]3)ccc2c1. The third kappa shape index (κ3) is 1.79. The van der Waals surface area contributed by atoms with Gasteiger partial charge in [0.15, 0.2) is 0 Å². The van der Waals surface area contributed by atoms with Crippen LogP contribution < -0.4 is 10.6 Å². The minimum Gasteiger partial charge on any atom is -0.313 e. The minimum atomic E-state index is 0.221. The molecule has 81 valence electrons. The molecule has 1 aliphatic heterocycles. The predicted octanol–water partition coefficient (Wildman–Crippen LogP) is 1.48. The molecule has 0 aliphatic carbocycles. The Labute approximate surface area is 94.9 Å². The van der Waals surface area contributed by atoms with E-state index in [0.29, 0.717) is 0 Å². The van der Waals surface area contributed by atoms with Gasteiger partial charge in [0.25, 0.3) is 0 Å². The van der Waals surface area contributed by atoms with Gasteiger partial charge in [0, 0.05) is 25.0 Å². The smallest absolute Gasteiger partial charge is 0.0792 e. The Bertz CT molecular complexity index is 489. The second-order valence-corrected chi connectivity index (χ2v) is 4.05. The largest absolute Gasteiger partial charge is 0.313 e. The van der Waals surface area contributed by atoms with E-state index in [2.05, 4.69) is 39.9 Å². The fourth-order valence-corrected chi connectivity index (χ4v) is 2.07. The van der Waals surface area contributed by atoms with Crippen molar-refractivity contribution in [3.8, 4) is 0 Å². The maximum Gasteiger partial charge on any atom is 0.0792 e. The van der Waals surface area contributed by atoms with E-state index in [0.717, 1.165) is 30.8 Å². The summed E-state index contributed by atoms with van der Waals surface area (Å²) in [5.74, 6) is 0. The van der Waals surface area contributed by atoms with Crippen LogP contribution in [0.25, 0.3) is 10.9 Å². The van der Waals surface area contributed by atoms with Gasteiger partial charge in [-0.3, -0.25) is 4.98 Å². The molecule has 1 fully saturated rings. The molecule has 1 unspecified atom stereocenters. The molecule has 2 aromatic rings. The second kappa shape index (κ2) is 4.20. The van der Waals surface area contributed by atoms with Crippen molar-refractivity contribution in [1.29, 1.82) is 0 Å². The molecular weight excluding hydrogens is 198 g/mol. The number of rotatable bonds is 1. The Morgan fingerprint density at radius 3 is 2.94 bits per heavy atom. The molecule has 3 nitrogen and oxygen atoms in total. The summed E-state index contributed by atoms with van der Waals surface area (Å²) in [5.41, 5.74) is 2.13. The number of para-hydroxylation sites is 1. The molecule has 1 aromatic heterocycles. The molecule has 1 N–H and O–H groups in total. The number of benzene rings is 1. The summed E-state index contributed by atoms with van der Waals surface area (Å²) in [7, 11) is 0. The van der Waals surface area contributed by atoms with E-state index in [1.54, 1.807) is 0 Å². The molecule has 0 spiro atoms. The Morgan fingerprint density at radius 1 is 1.12 bits per heavy atom. The zero-order valence-corrected chi connectivity index (χ0v) is 9.06. The first-order valence-corrected chi connectivity index (χ1v) is 5.66. The monoisotopic (exact) mass is 212 g/mol. The number of piperazine rings is 1. The molecule has 1 radical (unpaired) electrons. The molecule has 2 heterocycles. The van der Waals surface area contributed by atoms with Gasteiger partial charge in [0.2, 0.25) is 0 Å². The number of fused-ring (bicyclic) bond motifs is 1. The number of hydrogen-bond donors (Lipinski definition) is 1. The fourth-order valence-electron chi connectivity index (χ4n) is 2.07. The van der Waals surface area contributed by atoms with Gasteiger partial charge in [-0.2, -0.15) is 0 Å². The summed E-state index contributed by atoms with van der Waals surface area (Å²) < 4.78 is 0. The zero-order valence-electron chi connectivity index (χ0n) is 9.06. The highest BCUT2D eigenvalue weighted by atomic mass is 15.1. The maximum absolute atomic E-state index is 4.67. The van der Waals surface area contributed by atoms with Gasteiger partial charge in [0.1, 0.15) is 0 Å². The van der Waals surface area contributed by atoms with Crippen molar-refractivity contribution in [3.05, 3.63) is 42.1 Å². The van der Waals surface area contributed by atoms with Crippen molar-refractivity contribution in [2.45, 2.75) is 6.04 Å². The lowest BCUT2D eigenvalue weighted by molar-refractivity contribution is 0.415. The summed E-state index contributed by atoms with van der Waals surface area (Å²) in [5, 5.41) is 9.12. The Kier molecular flexibility index (Phi) is 2.56. The summed E-state index contributed by atoms with van der Waals surface area (Å²) in [4.78, 5) is 4.67. The zero-order chi connectivity index (χ0) is 10.8. The molecule has 0 amide bonds. The maximum atomic E-state index is 4.67. The molecular formula is C13H14N3. The van der Waals surface area contributed by atoms with Gasteiger partial charge in [-0.05, 0) is 12.1 Å². The van der Waals surface area contributed by atoms with Crippen molar-refractivity contribution in [2.75, 3.05) is 19.6 Å². The number of aromatic nitrogens is 1. The minimum absolute atomic E-state index is 0.221. The van der Waals surface area contributed by atoms with Crippen molar-refractivity contribution in [3.63, 3.8) is 0 Å². The number of hydrogen-bond acceptors (Lipinski definition) is 2. The molecule has 1 atom stereocenters. The average molecular weight is 212 g/mol. The molecule has 0 bridgehead atoms. The molecule has 0 saturated carbocycles. The van der Waals surface area contributed by atoms with E-state index in [1.165, 1.54) is 5.39 Å². The fraction of sp³-hybridized carbons (Fsp3) is 0.308. The van der Waals surface area contributed by atoms with Crippen LogP contribution in [0.2, 0.25) is 0 Å². The lowest BCUT2D eigenvalue weighted by Crippen LogP contribution is -2.38. The van der Waals surface area contributed by atoms with E-state index >= 15 is 0 Å². The van der Waals surface area contributed by atoms with Crippen LogP contribution in [0.15, 0.2) is 36.4 Å². The first-order chi connectivity index (χ1) is 7.93. The summed E-state index contributed by atoms with van der Waals surface area (Å²) in [6.07, 6.45) is 0. The van der Waals surface area contributed by atoms with Crippen LogP contribution in [0.5, 0.6) is 0 Å². The summed E-state index contributed by atoms with van der Waals surface area (Å²) >= 11 is 0. The Morgan fingerprint density at radius 2 is 2.06 bits per heavy atom.